The zero-order chi connectivity index (χ0) is 20.5. The van der Waals surface area contributed by atoms with E-state index in [0.29, 0.717) is 0 Å². The Bertz CT molecular complexity index is 869. The van der Waals surface area contributed by atoms with Crippen molar-refractivity contribution >= 4 is 0 Å². The van der Waals surface area contributed by atoms with Crippen LogP contribution in [-0.4, -0.2) is 20.6 Å². The highest BCUT2D eigenvalue weighted by atomic mass is 16.5. The zero-order valence-corrected chi connectivity index (χ0v) is 17.4. The minimum absolute atomic E-state index is 0.0215. The first-order valence-corrected chi connectivity index (χ1v) is 10.1. The van der Waals surface area contributed by atoms with Crippen molar-refractivity contribution in [1.82, 2.24) is 10.6 Å². The van der Waals surface area contributed by atoms with Crippen LogP contribution in [-0.2, 0) is 0 Å². The molecule has 0 fully saturated rings. The van der Waals surface area contributed by atoms with Gasteiger partial charge >= 0.3 is 0 Å². The first kappa shape index (κ1) is 20.9. The summed E-state index contributed by atoms with van der Waals surface area (Å²) >= 11 is 0. The maximum atomic E-state index is 6.45. The van der Waals surface area contributed by atoms with Crippen LogP contribution in [0.25, 0.3) is 0 Å². The maximum Gasteiger partial charge on any atom is 0.176 e. The molecule has 0 heterocycles. The summed E-state index contributed by atoms with van der Waals surface area (Å²) in [5.41, 5.74) is 3.25. The Hall–Kier alpha value is -2.82. The predicted octanol–water partition coefficient (Wildman–Crippen LogP) is 5.02. The van der Waals surface area contributed by atoms with Gasteiger partial charge in [-0.25, -0.2) is 0 Å². The van der Waals surface area contributed by atoms with Crippen molar-refractivity contribution in [1.29, 1.82) is 0 Å². The monoisotopic (exact) mass is 390 g/mol. The van der Waals surface area contributed by atoms with E-state index in [1.54, 1.807) is 0 Å². The Labute approximate surface area is 173 Å². The van der Waals surface area contributed by atoms with Crippen molar-refractivity contribution < 1.29 is 9.47 Å². The normalized spacial score (nSPS) is 12.9. The summed E-state index contributed by atoms with van der Waals surface area (Å²) in [5.74, 6) is 1.65. The summed E-state index contributed by atoms with van der Waals surface area (Å²) in [6.07, 6.45) is 0.639. The SMILES string of the molecule is CNCCC(Oc1cccc(OC(NC)c2ccccc2)c1C)c1ccccc1. The van der Waals surface area contributed by atoms with Gasteiger partial charge in [0.25, 0.3) is 0 Å². The molecule has 2 atom stereocenters. The number of ether oxygens (including phenoxy) is 2. The number of benzene rings is 3. The molecular weight excluding hydrogens is 360 g/mol. The summed E-state index contributed by atoms with van der Waals surface area (Å²) in [6, 6.07) is 26.5. The highest BCUT2D eigenvalue weighted by Crippen LogP contribution is 2.33. The van der Waals surface area contributed by atoms with Crippen molar-refractivity contribution in [2.24, 2.45) is 0 Å². The van der Waals surface area contributed by atoms with Gasteiger partial charge in [-0.2, -0.15) is 0 Å². The fourth-order valence-electron chi connectivity index (χ4n) is 3.29. The first-order valence-electron chi connectivity index (χ1n) is 10.1. The number of nitrogens with one attached hydrogen (secondary N) is 2. The van der Waals surface area contributed by atoms with Crippen LogP contribution in [0.2, 0.25) is 0 Å². The molecule has 3 aromatic carbocycles. The van der Waals surface area contributed by atoms with E-state index in [4.69, 9.17) is 9.47 Å². The first-order chi connectivity index (χ1) is 14.2. The summed E-state index contributed by atoms with van der Waals surface area (Å²) in [6.45, 7) is 2.92. The molecule has 152 valence electrons. The molecule has 4 nitrogen and oxygen atoms in total. The van der Waals surface area contributed by atoms with E-state index < -0.39 is 0 Å². The molecule has 0 amide bonds. The lowest BCUT2D eigenvalue weighted by Crippen LogP contribution is -2.22. The Morgan fingerprint density at radius 3 is 1.90 bits per heavy atom. The Morgan fingerprint density at radius 2 is 1.31 bits per heavy atom. The van der Waals surface area contributed by atoms with Gasteiger partial charge in [-0.1, -0.05) is 66.7 Å². The van der Waals surface area contributed by atoms with Crippen molar-refractivity contribution in [3.8, 4) is 11.5 Å². The molecule has 3 rings (SSSR count). The van der Waals surface area contributed by atoms with Crippen LogP contribution in [0.1, 0.15) is 35.4 Å². The Morgan fingerprint density at radius 1 is 0.724 bits per heavy atom. The third-order valence-corrected chi connectivity index (χ3v) is 4.94. The molecule has 2 N–H and O–H groups in total. The minimum Gasteiger partial charge on any atom is -0.485 e. The van der Waals surface area contributed by atoms with Crippen LogP contribution in [0.3, 0.4) is 0 Å². The van der Waals surface area contributed by atoms with Crippen LogP contribution in [0.4, 0.5) is 0 Å². The molecular formula is C25H30N2O2. The van der Waals surface area contributed by atoms with Gasteiger partial charge in [-0.15, -0.1) is 0 Å². The van der Waals surface area contributed by atoms with Gasteiger partial charge in [0, 0.05) is 17.5 Å². The van der Waals surface area contributed by atoms with Crippen molar-refractivity contribution in [2.75, 3.05) is 20.6 Å². The van der Waals surface area contributed by atoms with Crippen LogP contribution < -0.4 is 20.1 Å². The Balaban J connectivity index is 1.81. The maximum absolute atomic E-state index is 6.45. The van der Waals surface area contributed by atoms with Gasteiger partial charge in [0.05, 0.1) is 0 Å². The second-order valence-corrected chi connectivity index (χ2v) is 6.99. The fraction of sp³-hybridized carbons (Fsp3) is 0.280. The summed E-state index contributed by atoms with van der Waals surface area (Å²) in [7, 11) is 3.86. The minimum atomic E-state index is -0.223. The van der Waals surface area contributed by atoms with Gasteiger partial charge in [0.1, 0.15) is 17.6 Å². The third kappa shape index (κ3) is 5.59. The fourth-order valence-corrected chi connectivity index (χ4v) is 3.29. The van der Waals surface area contributed by atoms with Gasteiger partial charge in [-0.05, 0) is 45.3 Å². The number of hydrogen-bond donors (Lipinski definition) is 2. The molecule has 0 aliphatic rings. The second kappa shape index (κ2) is 10.6. The van der Waals surface area contributed by atoms with E-state index >= 15 is 0 Å². The van der Waals surface area contributed by atoms with E-state index in [1.807, 2.05) is 63.5 Å². The molecule has 0 saturated carbocycles. The number of rotatable bonds is 10. The molecule has 0 aliphatic heterocycles. The second-order valence-electron chi connectivity index (χ2n) is 6.99. The number of hydrogen-bond acceptors (Lipinski definition) is 4. The molecule has 0 aromatic heterocycles. The molecule has 2 unspecified atom stereocenters. The highest BCUT2D eigenvalue weighted by Gasteiger charge is 2.17. The van der Waals surface area contributed by atoms with Crippen LogP contribution >= 0.6 is 0 Å². The zero-order valence-electron chi connectivity index (χ0n) is 17.4. The van der Waals surface area contributed by atoms with Gasteiger partial charge in [0.15, 0.2) is 6.23 Å². The lowest BCUT2D eigenvalue weighted by atomic mass is 10.1. The molecule has 29 heavy (non-hydrogen) atoms. The summed E-state index contributed by atoms with van der Waals surface area (Å²) < 4.78 is 12.7. The largest absolute Gasteiger partial charge is 0.485 e. The molecule has 0 spiro atoms. The third-order valence-electron chi connectivity index (χ3n) is 4.94. The quantitative estimate of drug-likeness (QED) is 0.477. The molecule has 3 aromatic rings. The lowest BCUT2D eigenvalue weighted by Gasteiger charge is -2.24. The topological polar surface area (TPSA) is 42.5 Å². The van der Waals surface area contributed by atoms with E-state index in [-0.39, 0.29) is 12.3 Å². The molecule has 0 saturated heterocycles. The average molecular weight is 391 g/mol. The highest BCUT2D eigenvalue weighted by molar-refractivity contribution is 5.44. The van der Waals surface area contributed by atoms with Crippen LogP contribution in [0.15, 0.2) is 78.9 Å². The average Bonchev–Trinajstić information content (AvgIpc) is 2.78. The molecule has 4 heteroatoms. The van der Waals surface area contributed by atoms with E-state index in [0.717, 1.165) is 35.6 Å². The van der Waals surface area contributed by atoms with Crippen molar-refractivity contribution in [3.63, 3.8) is 0 Å². The summed E-state index contributed by atoms with van der Waals surface area (Å²) in [5, 5.41) is 6.46. The molecule has 0 radical (unpaired) electrons. The molecule has 0 aliphatic carbocycles. The smallest absolute Gasteiger partial charge is 0.176 e. The summed E-state index contributed by atoms with van der Waals surface area (Å²) in [4.78, 5) is 0. The van der Waals surface area contributed by atoms with Crippen LogP contribution in [0.5, 0.6) is 11.5 Å². The van der Waals surface area contributed by atoms with Crippen molar-refractivity contribution in [2.45, 2.75) is 25.7 Å². The molecule has 0 bridgehead atoms. The van der Waals surface area contributed by atoms with Crippen LogP contribution in [0, 0.1) is 6.92 Å². The van der Waals surface area contributed by atoms with Crippen molar-refractivity contribution in [3.05, 3.63) is 95.6 Å². The van der Waals surface area contributed by atoms with Gasteiger partial charge in [0.2, 0.25) is 0 Å². The predicted molar refractivity (Wildman–Crippen MR) is 118 cm³/mol. The van der Waals surface area contributed by atoms with E-state index in [2.05, 4.69) is 47.0 Å². The Kier molecular flexibility index (Phi) is 7.68. The van der Waals surface area contributed by atoms with E-state index in [1.165, 1.54) is 5.56 Å². The van der Waals surface area contributed by atoms with Gasteiger partial charge < -0.3 is 14.8 Å². The standard InChI is InChI=1S/C25H30N2O2/c1-19-22(28-24(17-18-26-2)20-11-6-4-7-12-20)15-10-16-23(19)29-25(27-3)21-13-8-5-9-14-21/h4-16,24-27H,17-18H2,1-3H3. The van der Waals surface area contributed by atoms with E-state index in [9.17, 15) is 0 Å². The lowest BCUT2D eigenvalue weighted by molar-refractivity contribution is 0.169. The van der Waals surface area contributed by atoms with Gasteiger partial charge in [-0.3, -0.25) is 5.32 Å².